The van der Waals surface area contributed by atoms with Crippen LogP contribution in [0.3, 0.4) is 0 Å². The highest BCUT2D eigenvalue weighted by Gasteiger charge is 2.28. The molecule has 108 valence electrons. The zero-order valence-electron chi connectivity index (χ0n) is 11.4. The van der Waals surface area contributed by atoms with Crippen molar-refractivity contribution in [2.45, 2.75) is 19.4 Å². The molecule has 6 nitrogen and oxygen atoms in total. The molecule has 0 aliphatic rings. The van der Waals surface area contributed by atoms with Crippen LogP contribution in [0.5, 0.6) is 0 Å². The molecule has 2 aromatic heterocycles. The molecule has 0 amide bonds. The van der Waals surface area contributed by atoms with Gasteiger partial charge in [-0.15, -0.1) is 22.7 Å². The second kappa shape index (κ2) is 5.05. The molecule has 0 atom stereocenters. The highest BCUT2D eigenvalue weighted by atomic mass is 32.1. The maximum absolute atomic E-state index is 11.4. The van der Waals surface area contributed by atoms with E-state index in [0.29, 0.717) is 11.2 Å². The topological polar surface area (TPSA) is 81.0 Å². The summed E-state index contributed by atoms with van der Waals surface area (Å²) in [4.78, 5) is 19.4. The number of anilines is 1. The summed E-state index contributed by atoms with van der Waals surface area (Å²) in [5, 5.41) is 17.4. The predicted molar refractivity (Wildman–Crippen MR) is 85.0 cm³/mol. The zero-order chi connectivity index (χ0) is 15.0. The summed E-state index contributed by atoms with van der Waals surface area (Å²) in [6.45, 7) is 3.89. The molecule has 0 aliphatic heterocycles. The van der Waals surface area contributed by atoms with E-state index in [-0.39, 0.29) is 10.6 Å². The van der Waals surface area contributed by atoms with Gasteiger partial charge >= 0.3 is 5.69 Å². The first kappa shape index (κ1) is 13.9. The second-order valence-electron chi connectivity index (χ2n) is 5.01. The molecular formula is C13H12N4O2S2. The van der Waals surface area contributed by atoms with E-state index in [1.807, 2.05) is 25.3 Å². The lowest BCUT2D eigenvalue weighted by Gasteiger charge is -2.25. The van der Waals surface area contributed by atoms with Gasteiger partial charge in [0.15, 0.2) is 5.52 Å². The van der Waals surface area contributed by atoms with E-state index in [0.717, 1.165) is 9.71 Å². The third kappa shape index (κ3) is 2.47. The van der Waals surface area contributed by atoms with Crippen LogP contribution in [0.15, 0.2) is 29.2 Å². The third-order valence-electron chi connectivity index (χ3n) is 3.07. The largest absolute Gasteiger partial charge is 0.368 e. The van der Waals surface area contributed by atoms with Gasteiger partial charge in [0, 0.05) is 11.6 Å². The number of hydrogen-bond donors (Lipinski definition) is 1. The minimum absolute atomic E-state index is 0.0124. The Labute approximate surface area is 128 Å². The summed E-state index contributed by atoms with van der Waals surface area (Å²) in [5.74, 6) is 0. The van der Waals surface area contributed by atoms with Crippen LogP contribution < -0.4 is 5.32 Å². The molecule has 8 heteroatoms. The van der Waals surface area contributed by atoms with Crippen molar-refractivity contribution in [2.24, 2.45) is 0 Å². The molecule has 0 unspecified atom stereocenters. The highest BCUT2D eigenvalue weighted by molar-refractivity contribution is 7.16. The maximum Gasteiger partial charge on any atom is 0.319 e. The van der Waals surface area contributed by atoms with Crippen molar-refractivity contribution in [3.63, 3.8) is 0 Å². The number of rotatable bonds is 4. The molecule has 2 heterocycles. The number of benzene rings is 1. The number of thiazole rings is 2. The average molecular weight is 320 g/mol. The van der Waals surface area contributed by atoms with Gasteiger partial charge in [0.2, 0.25) is 0 Å². The van der Waals surface area contributed by atoms with E-state index < -0.39 is 5.54 Å². The molecular weight excluding hydrogens is 308 g/mol. The number of aromatic nitrogens is 2. The van der Waals surface area contributed by atoms with Crippen LogP contribution in [-0.4, -0.2) is 14.9 Å². The quantitative estimate of drug-likeness (QED) is 0.580. The van der Waals surface area contributed by atoms with Gasteiger partial charge in [-0.1, -0.05) is 0 Å². The van der Waals surface area contributed by atoms with Gasteiger partial charge in [-0.3, -0.25) is 10.1 Å². The number of nitrogens with one attached hydrogen (secondary N) is 1. The Kier molecular flexibility index (Phi) is 3.34. The van der Waals surface area contributed by atoms with Gasteiger partial charge in [-0.25, -0.2) is 9.97 Å². The van der Waals surface area contributed by atoms with E-state index in [4.69, 9.17) is 0 Å². The molecule has 1 N–H and O–H groups in total. The molecule has 0 fully saturated rings. The van der Waals surface area contributed by atoms with Crippen LogP contribution in [0.1, 0.15) is 18.9 Å². The van der Waals surface area contributed by atoms with Crippen molar-refractivity contribution in [1.82, 2.24) is 9.97 Å². The Hall–Kier alpha value is -2.06. The lowest BCUT2D eigenvalue weighted by Crippen LogP contribution is -2.28. The molecule has 0 saturated heterocycles. The molecule has 21 heavy (non-hydrogen) atoms. The fraction of sp³-hybridized carbons (Fsp3) is 0.231. The maximum atomic E-state index is 11.4. The Bertz CT molecular complexity index is 796. The monoisotopic (exact) mass is 320 g/mol. The highest BCUT2D eigenvalue weighted by Crippen LogP contribution is 2.37. The van der Waals surface area contributed by atoms with Crippen LogP contribution >= 0.6 is 22.7 Å². The van der Waals surface area contributed by atoms with Crippen LogP contribution in [0, 0.1) is 10.1 Å². The minimum atomic E-state index is -0.497. The van der Waals surface area contributed by atoms with Crippen LogP contribution in [-0.2, 0) is 5.54 Å². The minimum Gasteiger partial charge on any atom is -0.368 e. The fourth-order valence-corrected chi connectivity index (χ4v) is 3.52. The first-order valence-corrected chi connectivity index (χ1v) is 7.94. The average Bonchev–Trinajstić information content (AvgIpc) is 3.08. The molecule has 0 radical (unpaired) electrons. The summed E-state index contributed by atoms with van der Waals surface area (Å²) < 4.78 is 0.805. The molecule has 0 bridgehead atoms. The smallest absolute Gasteiger partial charge is 0.319 e. The SMILES string of the molecule is CC(C)(Nc1ccc2scnc2c1[N+](=O)[O-])c1nccs1. The van der Waals surface area contributed by atoms with Crippen molar-refractivity contribution in [3.05, 3.63) is 44.3 Å². The lowest BCUT2D eigenvalue weighted by molar-refractivity contribution is -0.382. The van der Waals surface area contributed by atoms with Crippen molar-refractivity contribution in [2.75, 3.05) is 5.32 Å². The molecule has 3 rings (SSSR count). The lowest BCUT2D eigenvalue weighted by atomic mass is 10.1. The molecule has 0 spiro atoms. The summed E-state index contributed by atoms with van der Waals surface area (Å²) >= 11 is 2.90. The van der Waals surface area contributed by atoms with E-state index in [9.17, 15) is 10.1 Å². The van der Waals surface area contributed by atoms with Gasteiger partial charge in [0.05, 0.1) is 20.7 Å². The van der Waals surface area contributed by atoms with Crippen molar-refractivity contribution in [1.29, 1.82) is 0 Å². The number of nitrogens with zero attached hydrogens (tertiary/aromatic N) is 3. The van der Waals surface area contributed by atoms with E-state index in [1.54, 1.807) is 17.8 Å². The summed E-state index contributed by atoms with van der Waals surface area (Å²) in [5.41, 5.74) is 2.01. The summed E-state index contributed by atoms with van der Waals surface area (Å²) in [6.07, 6.45) is 1.72. The number of hydrogen-bond acceptors (Lipinski definition) is 7. The standard InChI is InChI=1S/C13H12N4O2S2/c1-13(2,12-14-5-6-20-12)16-8-3-4-9-10(15-7-21-9)11(8)17(18)19/h3-7,16H,1-2H3. The summed E-state index contributed by atoms with van der Waals surface area (Å²) in [6, 6.07) is 3.58. The van der Waals surface area contributed by atoms with Crippen LogP contribution in [0.4, 0.5) is 11.4 Å². The molecule has 0 aliphatic carbocycles. The first-order valence-electron chi connectivity index (χ1n) is 6.18. The van der Waals surface area contributed by atoms with Crippen molar-refractivity contribution in [3.8, 4) is 0 Å². The Morgan fingerprint density at radius 3 is 2.76 bits per heavy atom. The fourth-order valence-electron chi connectivity index (χ4n) is 2.12. The first-order chi connectivity index (χ1) is 9.99. The number of nitro benzene ring substituents is 1. The molecule has 3 aromatic rings. The van der Waals surface area contributed by atoms with Crippen LogP contribution in [0.25, 0.3) is 10.2 Å². The van der Waals surface area contributed by atoms with Gasteiger partial charge in [0.1, 0.15) is 10.7 Å². The van der Waals surface area contributed by atoms with Crippen LogP contribution in [0.2, 0.25) is 0 Å². The summed E-state index contributed by atoms with van der Waals surface area (Å²) in [7, 11) is 0. The second-order valence-corrected chi connectivity index (χ2v) is 6.79. The van der Waals surface area contributed by atoms with E-state index in [2.05, 4.69) is 15.3 Å². The zero-order valence-corrected chi connectivity index (χ0v) is 13.0. The van der Waals surface area contributed by atoms with Crippen molar-refractivity contribution >= 4 is 44.3 Å². The van der Waals surface area contributed by atoms with E-state index in [1.165, 1.54) is 22.7 Å². The Morgan fingerprint density at radius 2 is 2.10 bits per heavy atom. The van der Waals surface area contributed by atoms with Gasteiger partial charge in [0.25, 0.3) is 0 Å². The van der Waals surface area contributed by atoms with Crippen molar-refractivity contribution < 1.29 is 4.92 Å². The molecule has 1 aromatic carbocycles. The molecule has 0 saturated carbocycles. The van der Waals surface area contributed by atoms with Gasteiger partial charge in [-0.05, 0) is 26.0 Å². The third-order valence-corrected chi connectivity index (χ3v) is 4.96. The van der Waals surface area contributed by atoms with E-state index >= 15 is 0 Å². The van der Waals surface area contributed by atoms with Gasteiger partial charge in [-0.2, -0.15) is 0 Å². The predicted octanol–water partition coefficient (Wildman–Crippen LogP) is 4.01. The van der Waals surface area contributed by atoms with Gasteiger partial charge < -0.3 is 5.32 Å². The number of nitro groups is 1. The Balaban J connectivity index is 2.08. The Morgan fingerprint density at radius 1 is 1.29 bits per heavy atom. The number of fused-ring (bicyclic) bond motifs is 1. The normalized spacial score (nSPS) is 11.7.